The molecule has 1 amide bonds. The van der Waals surface area contributed by atoms with Gasteiger partial charge in [-0.05, 0) is 31.5 Å². The number of carbonyl (C=O) groups is 1. The molecule has 0 bridgehead atoms. The fourth-order valence-electron chi connectivity index (χ4n) is 3.00. The van der Waals surface area contributed by atoms with Crippen LogP contribution in [0.15, 0.2) is 30.3 Å². The molecule has 0 radical (unpaired) electrons. The number of amides is 1. The summed E-state index contributed by atoms with van der Waals surface area (Å²) in [7, 11) is 0. The molecular weight excluding hydrogens is 264 g/mol. The van der Waals surface area contributed by atoms with Crippen LogP contribution in [-0.4, -0.2) is 36.5 Å². The Morgan fingerprint density at radius 1 is 1.38 bits per heavy atom. The molecule has 0 aromatic heterocycles. The Hall–Kier alpha value is -1.90. The van der Waals surface area contributed by atoms with Gasteiger partial charge in [-0.1, -0.05) is 30.3 Å². The Balaban J connectivity index is 2.25. The Morgan fingerprint density at radius 2 is 2.05 bits per heavy atom. The highest BCUT2D eigenvalue weighted by atomic mass is 16.1. The first-order valence-corrected chi connectivity index (χ1v) is 7.39. The van der Waals surface area contributed by atoms with Gasteiger partial charge in [-0.2, -0.15) is 5.26 Å². The van der Waals surface area contributed by atoms with Gasteiger partial charge in [0.25, 0.3) is 0 Å². The van der Waals surface area contributed by atoms with Crippen LogP contribution < -0.4 is 11.1 Å². The molecule has 5 nitrogen and oxygen atoms in total. The van der Waals surface area contributed by atoms with Crippen molar-refractivity contribution in [3.05, 3.63) is 35.9 Å². The number of nitrogens with two attached hydrogens (primary N) is 1. The average Bonchev–Trinajstić information content (AvgIpc) is 2.52. The number of hydrogen-bond acceptors (Lipinski definition) is 4. The summed E-state index contributed by atoms with van der Waals surface area (Å²) in [6.07, 6.45) is 2.31. The molecule has 1 saturated heterocycles. The molecule has 2 rings (SSSR count). The van der Waals surface area contributed by atoms with Gasteiger partial charge in [0, 0.05) is 12.1 Å². The predicted octanol–water partition coefficient (Wildman–Crippen LogP) is 1.18. The van der Waals surface area contributed by atoms with Crippen LogP contribution in [0, 0.1) is 11.3 Å². The van der Waals surface area contributed by atoms with E-state index in [1.54, 1.807) is 0 Å². The molecule has 1 aliphatic heterocycles. The molecule has 1 heterocycles. The SMILES string of the molecule is N#CCC(c1ccccc1)N(CC(N)=O)C1CCNCC1. The maximum atomic E-state index is 11.5. The van der Waals surface area contributed by atoms with E-state index in [0.717, 1.165) is 31.5 Å². The zero-order chi connectivity index (χ0) is 15.1. The lowest BCUT2D eigenvalue weighted by atomic mass is 9.96. The van der Waals surface area contributed by atoms with Crippen molar-refractivity contribution in [1.29, 1.82) is 5.26 Å². The molecule has 112 valence electrons. The van der Waals surface area contributed by atoms with E-state index in [2.05, 4.69) is 16.3 Å². The number of carbonyl (C=O) groups excluding carboxylic acids is 1. The first-order valence-electron chi connectivity index (χ1n) is 7.39. The molecule has 5 heteroatoms. The van der Waals surface area contributed by atoms with Crippen LogP contribution in [0.4, 0.5) is 0 Å². The molecule has 1 atom stereocenters. The number of benzene rings is 1. The quantitative estimate of drug-likeness (QED) is 0.822. The van der Waals surface area contributed by atoms with E-state index in [-0.39, 0.29) is 24.5 Å². The second kappa shape index (κ2) is 7.77. The first-order chi connectivity index (χ1) is 10.2. The van der Waals surface area contributed by atoms with Gasteiger partial charge in [0.1, 0.15) is 0 Å². The van der Waals surface area contributed by atoms with Crippen LogP contribution in [0.5, 0.6) is 0 Å². The van der Waals surface area contributed by atoms with Gasteiger partial charge in [-0.15, -0.1) is 0 Å². The number of primary amides is 1. The van der Waals surface area contributed by atoms with Crippen molar-refractivity contribution in [2.75, 3.05) is 19.6 Å². The summed E-state index contributed by atoms with van der Waals surface area (Å²) in [4.78, 5) is 13.6. The topological polar surface area (TPSA) is 82.2 Å². The third-order valence-electron chi connectivity index (χ3n) is 3.99. The van der Waals surface area contributed by atoms with Crippen LogP contribution >= 0.6 is 0 Å². The molecule has 0 spiro atoms. The molecule has 0 aliphatic carbocycles. The van der Waals surface area contributed by atoms with Crippen LogP contribution in [0.2, 0.25) is 0 Å². The molecule has 1 aromatic rings. The Kier molecular flexibility index (Phi) is 5.73. The highest BCUT2D eigenvalue weighted by molar-refractivity contribution is 5.76. The standard InChI is InChI=1S/C16H22N4O/c17-9-6-15(13-4-2-1-3-5-13)20(12-16(18)21)14-7-10-19-11-8-14/h1-5,14-15,19H,6-8,10-12H2,(H2,18,21). The second-order valence-corrected chi connectivity index (χ2v) is 5.41. The monoisotopic (exact) mass is 286 g/mol. The summed E-state index contributed by atoms with van der Waals surface area (Å²) in [6, 6.07) is 12.4. The van der Waals surface area contributed by atoms with Crippen molar-refractivity contribution < 1.29 is 4.79 Å². The summed E-state index contributed by atoms with van der Waals surface area (Å²) in [5.74, 6) is -0.340. The van der Waals surface area contributed by atoms with Gasteiger partial charge in [0.05, 0.1) is 19.0 Å². The summed E-state index contributed by atoms with van der Waals surface area (Å²) in [6.45, 7) is 2.08. The molecule has 1 aromatic carbocycles. The summed E-state index contributed by atoms with van der Waals surface area (Å²) in [5, 5.41) is 12.5. The van der Waals surface area contributed by atoms with E-state index < -0.39 is 0 Å². The smallest absolute Gasteiger partial charge is 0.231 e. The molecule has 21 heavy (non-hydrogen) atoms. The van der Waals surface area contributed by atoms with E-state index >= 15 is 0 Å². The van der Waals surface area contributed by atoms with Gasteiger partial charge in [0.2, 0.25) is 5.91 Å². The van der Waals surface area contributed by atoms with Crippen LogP contribution in [0.1, 0.15) is 30.9 Å². The fourth-order valence-corrected chi connectivity index (χ4v) is 3.00. The number of hydrogen-bond donors (Lipinski definition) is 2. The third-order valence-corrected chi connectivity index (χ3v) is 3.99. The molecule has 1 aliphatic rings. The first kappa shape index (κ1) is 15.5. The lowest BCUT2D eigenvalue weighted by Gasteiger charge is -2.39. The average molecular weight is 286 g/mol. The maximum Gasteiger partial charge on any atom is 0.231 e. The van der Waals surface area contributed by atoms with E-state index in [1.165, 1.54) is 0 Å². The maximum absolute atomic E-state index is 11.5. The highest BCUT2D eigenvalue weighted by Crippen LogP contribution is 2.28. The fraction of sp³-hybridized carbons (Fsp3) is 0.500. The number of nitriles is 1. The molecule has 1 unspecified atom stereocenters. The molecule has 1 fully saturated rings. The second-order valence-electron chi connectivity index (χ2n) is 5.41. The molecule has 0 saturated carbocycles. The van der Waals surface area contributed by atoms with Crippen molar-refractivity contribution in [1.82, 2.24) is 10.2 Å². The van der Waals surface area contributed by atoms with Crippen molar-refractivity contribution >= 4 is 5.91 Å². The Bertz CT molecular complexity index is 491. The predicted molar refractivity (Wildman–Crippen MR) is 81.2 cm³/mol. The number of piperidine rings is 1. The highest BCUT2D eigenvalue weighted by Gasteiger charge is 2.29. The third kappa shape index (κ3) is 4.28. The zero-order valence-electron chi connectivity index (χ0n) is 12.2. The Labute approximate surface area is 125 Å². The van der Waals surface area contributed by atoms with Gasteiger partial charge in [-0.25, -0.2) is 0 Å². The van der Waals surface area contributed by atoms with Crippen molar-refractivity contribution in [3.63, 3.8) is 0 Å². The minimum atomic E-state index is -0.340. The van der Waals surface area contributed by atoms with Crippen molar-refractivity contribution in [3.8, 4) is 6.07 Å². The lowest BCUT2D eigenvalue weighted by Crippen LogP contribution is -2.48. The molecule has 3 N–H and O–H groups in total. The van der Waals surface area contributed by atoms with Gasteiger partial charge >= 0.3 is 0 Å². The largest absolute Gasteiger partial charge is 0.369 e. The van der Waals surface area contributed by atoms with Crippen molar-refractivity contribution in [2.24, 2.45) is 5.73 Å². The number of nitrogens with one attached hydrogen (secondary N) is 1. The van der Waals surface area contributed by atoms with E-state index in [1.807, 2.05) is 30.3 Å². The van der Waals surface area contributed by atoms with Crippen LogP contribution in [0.3, 0.4) is 0 Å². The van der Waals surface area contributed by atoms with Crippen molar-refractivity contribution in [2.45, 2.75) is 31.3 Å². The minimum Gasteiger partial charge on any atom is -0.369 e. The summed E-state index contributed by atoms with van der Waals surface area (Å²) >= 11 is 0. The van der Waals surface area contributed by atoms with E-state index in [9.17, 15) is 10.1 Å². The summed E-state index contributed by atoms with van der Waals surface area (Å²) in [5.41, 5.74) is 6.50. The van der Waals surface area contributed by atoms with Crippen LogP contribution in [0.25, 0.3) is 0 Å². The van der Waals surface area contributed by atoms with E-state index in [4.69, 9.17) is 5.73 Å². The van der Waals surface area contributed by atoms with Gasteiger partial charge in [0.15, 0.2) is 0 Å². The van der Waals surface area contributed by atoms with Gasteiger partial charge in [-0.3, -0.25) is 9.69 Å². The van der Waals surface area contributed by atoms with Crippen LogP contribution in [-0.2, 0) is 4.79 Å². The number of nitrogens with zero attached hydrogens (tertiary/aromatic N) is 2. The normalized spacial score (nSPS) is 17.3. The summed E-state index contributed by atoms with van der Waals surface area (Å²) < 4.78 is 0. The lowest BCUT2D eigenvalue weighted by molar-refractivity contribution is -0.120. The number of rotatable bonds is 6. The van der Waals surface area contributed by atoms with E-state index in [0.29, 0.717) is 6.42 Å². The Morgan fingerprint density at radius 3 is 2.62 bits per heavy atom. The van der Waals surface area contributed by atoms with Gasteiger partial charge < -0.3 is 11.1 Å². The minimum absolute atomic E-state index is 0.0770. The zero-order valence-corrected chi connectivity index (χ0v) is 12.2. The molecular formula is C16H22N4O.